The second-order valence-corrected chi connectivity index (χ2v) is 6.26. The quantitative estimate of drug-likeness (QED) is 0.755. The lowest BCUT2D eigenvalue weighted by atomic mass is 9.95. The summed E-state index contributed by atoms with van der Waals surface area (Å²) in [6.45, 7) is 12.3. The maximum absolute atomic E-state index is 6.06. The van der Waals surface area contributed by atoms with Crippen LogP contribution >= 0.6 is 0 Å². The summed E-state index contributed by atoms with van der Waals surface area (Å²) >= 11 is 0. The molecule has 0 spiro atoms. The van der Waals surface area contributed by atoms with Crippen molar-refractivity contribution in [2.45, 2.75) is 71.6 Å². The van der Waals surface area contributed by atoms with Gasteiger partial charge in [-0.15, -0.1) is 5.10 Å². The predicted octanol–water partition coefficient (Wildman–Crippen LogP) is 2.41. The Labute approximate surface area is 123 Å². The maximum atomic E-state index is 6.06. The minimum Gasteiger partial charge on any atom is -0.375 e. The molecule has 5 nitrogen and oxygen atoms in total. The Morgan fingerprint density at radius 1 is 1.30 bits per heavy atom. The van der Waals surface area contributed by atoms with Crippen molar-refractivity contribution < 1.29 is 4.74 Å². The Morgan fingerprint density at radius 3 is 2.50 bits per heavy atom. The van der Waals surface area contributed by atoms with Crippen molar-refractivity contribution in [2.24, 2.45) is 0 Å². The molecular weight excluding hydrogens is 252 g/mol. The number of nitrogens with zero attached hydrogens (tertiary/aromatic N) is 3. The number of ether oxygens (including phenoxy) is 1. The third-order valence-electron chi connectivity index (χ3n) is 4.05. The van der Waals surface area contributed by atoms with Crippen LogP contribution in [0, 0.1) is 0 Å². The number of hydrogen-bond donors (Lipinski definition) is 1. The normalized spacial score (nSPS) is 15.3. The first kappa shape index (κ1) is 17.1. The Kier molecular flexibility index (Phi) is 6.14. The van der Waals surface area contributed by atoms with E-state index in [0.29, 0.717) is 0 Å². The topological polar surface area (TPSA) is 52.0 Å². The van der Waals surface area contributed by atoms with Gasteiger partial charge in [-0.2, -0.15) is 0 Å². The molecule has 0 amide bonds. The van der Waals surface area contributed by atoms with Crippen LogP contribution < -0.4 is 5.32 Å². The van der Waals surface area contributed by atoms with E-state index < -0.39 is 0 Å². The van der Waals surface area contributed by atoms with Crippen molar-refractivity contribution >= 4 is 0 Å². The molecule has 116 valence electrons. The number of nitrogens with one attached hydrogen (secondary N) is 1. The van der Waals surface area contributed by atoms with E-state index in [1.54, 1.807) is 0 Å². The largest absolute Gasteiger partial charge is 0.375 e. The van der Waals surface area contributed by atoms with E-state index in [9.17, 15) is 0 Å². The van der Waals surface area contributed by atoms with Crippen LogP contribution in [0.15, 0.2) is 6.20 Å². The Bertz CT molecular complexity index is 396. The second kappa shape index (κ2) is 7.18. The minimum absolute atomic E-state index is 0.154. The smallest absolute Gasteiger partial charge is 0.0855 e. The van der Waals surface area contributed by atoms with Gasteiger partial charge in [0.2, 0.25) is 0 Å². The molecule has 1 atom stereocenters. The van der Waals surface area contributed by atoms with Crippen LogP contribution in [0.3, 0.4) is 0 Å². The maximum Gasteiger partial charge on any atom is 0.0855 e. The van der Waals surface area contributed by atoms with Crippen molar-refractivity contribution in [3.05, 3.63) is 11.9 Å². The molecule has 0 fully saturated rings. The standard InChI is InChI=1S/C15H30N4O/c1-7-15(5,16-6)9-10-20-14(3,4)11-13-12-19(8-2)18-17-13/h12,16H,7-11H2,1-6H3. The molecule has 0 aliphatic heterocycles. The molecule has 0 aliphatic rings. The van der Waals surface area contributed by atoms with E-state index in [1.807, 2.05) is 17.9 Å². The van der Waals surface area contributed by atoms with Crippen molar-refractivity contribution in [1.29, 1.82) is 0 Å². The molecule has 0 saturated carbocycles. The molecule has 0 aliphatic carbocycles. The zero-order valence-electron chi connectivity index (χ0n) is 13.9. The second-order valence-electron chi connectivity index (χ2n) is 6.26. The van der Waals surface area contributed by atoms with Crippen LogP contribution in [-0.4, -0.2) is 39.8 Å². The van der Waals surface area contributed by atoms with Gasteiger partial charge in [0.05, 0.1) is 11.3 Å². The lowest BCUT2D eigenvalue weighted by Crippen LogP contribution is -2.41. The fraction of sp³-hybridized carbons (Fsp3) is 0.867. The highest BCUT2D eigenvalue weighted by Crippen LogP contribution is 2.19. The molecule has 5 heteroatoms. The van der Waals surface area contributed by atoms with Crippen molar-refractivity contribution in [1.82, 2.24) is 20.3 Å². The first-order chi connectivity index (χ1) is 9.34. The van der Waals surface area contributed by atoms with E-state index in [4.69, 9.17) is 4.74 Å². The molecule has 20 heavy (non-hydrogen) atoms. The van der Waals surface area contributed by atoms with Gasteiger partial charge in [0.1, 0.15) is 0 Å². The molecule has 0 saturated heterocycles. The van der Waals surface area contributed by atoms with Crippen LogP contribution in [-0.2, 0) is 17.7 Å². The highest BCUT2D eigenvalue weighted by atomic mass is 16.5. The van der Waals surface area contributed by atoms with Crippen molar-refractivity contribution in [2.75, 3.05) is 13.7 Å². The van der Waals surface area contributed by atoms with E-state index in [-0.39, 0.29) is 11.1 Å². The number of hydrogen-bond acceptors (Lipinski definition) is 4. The average Bonchev–Trinajstić information content (AvgIpc) is 2.85. The van der Waals surface area contributed by atoms with E-state index in [1.165, 1.54) is 0 Å². The highest BCUT2D eigenvalue weighted by molar-refractivity contribution is 4.97. The predicted molar refractivity (Wildman–Crippen MR) is 81.8 cm³/mol. The SMILES string of the molecule is CCn1cc(CC(C)(C)OCCC(C)(CC)NC)nn1. The molecule has 1 N–H and O–H groups in total. The number of rotatable bonds is 9. The Balaban J connectivity index is 2.45. The van der Waals surface area contributed by atoms with Crippen LogP contribution in [0.4, 0.5) is 0 Å². The molecule has 0 radical (unpaired) electrons. The molecule has 1 unspecified atom stereocenters. The minimum atomic E-state index is -0.211. The summed E-state index contributed by atoms with van der Waals surface area (Å²) in [4.78, 5) is 0. The summed E-state index contributed by atoms with van der Waals surface area (Å²) in [5.41, 5.74) is 0.932. The van der Waals surface area contributed by atoms with Gasteiger partial charge in [-0.25, -0.2) is 0 Å². The van der Waals surface area contributed by atoms with E-state index in [0.717, 1.165) is 38.1 Å². The van der Waals surface area contributed by atoms with Gasteiger partial charge in [0.25, 0.3) is 0 Å². The van der Waals surface area contributed by atoms with Gasteiger partial charge in [-0.1, -0.05) is 12.1 Å². The lowest BCUT2D eigenvalue weighted by molar-refractivity contribution is -0.0261. The van der Waals surface area contributed by atoms with Gasteiger partial charge in [-0.05, 0) is 47.6 Å². The van der Waals surface area contributed by atoms with Gasteiger partial charge in [0.15, 0.2) is 0 Å². The molecule has 1 aromatic rings. The van der Waals surface area contributed by atoms with Gasteiger partial charge >= 0.3 is 0 Å². The summed E-state index contributed by atoms with van der Waals surface area (Å²) in [7, 11) is 2.01. The summed E-state index contributed by atoms with van der Waals surface area (Å²) in [6.07, 6.45) is 4.88. The molecule has 0 aromatic carbocycles. The monoisotopic (exact) mass is 282 g/mol. The van der Waals surface area contributed by atoms with E-state index >= 15 is 0 Å². The van der Waals surface area contributed by atoms with Crippen LogP contribution in [0.2, 0.25) is 0 Å². The van der Waals surface area contributed by atoms with Gasteiger partial charge in [-0.3, -0.25) is 4.68 Å². The van der Waals surface area contributed by atoms with Gasteiger partial charge < -0.3 is 10.1 Å². The molecule has 1 rings (SSSR count). The Morgan fingerprint density at radius 2 is 2.00 bits per heavy atom. The number of aryl methyl sites for hydroxylation is 1. The first-order valence-electron chi connectivity index (χ1n) is 7.56. The summed E-state index contributed by atoms with van der Waals surface area (Å²) < 4.78 is 7.91. The average molecular weight is 282 g/mol. The van der Waals surface area contributed by atoms with Crippen LogP contribution in [0.25, 0.3) is 0 Å². The molecule has 1 heterocycles. The third-order valence-corrected chi connectivity index (χ3v) is 4.05. The van der Waals surface area contributed by atoms with Crippen LogP contribution in [0.1, 0.15) is 53.2 Å². The van der Waals surface area contributed by atoms with Crippen molar-refractivity contribution in [3.8, 4) is 0 Å². The zero-order valence-corrected chi connectivity index (χ0v) is 13.9. The fourth-order valence-corrected chi connectivity index (χ4v) is 2.09. The van der Waals surface area contributed by atoms with Crippen molar-refractivity contribution in [3.63, 3.8) is 0 Å². The lowest BCUT2D eigenvalue weighted by Gasteiger charge is -2.31. The third kappa shape index (κ3) is 5.21. The molecular formula is C15H30N4O. The molecule has 0 bridgehead atoms. The molecule has 1 aromatic heterocycles. The van der Waals surface area contributed by atoms with E-state index in [2.05, 4.69) is 50.2 Å². The number of aromatic nitrogens is 3. The van der Waals surface area contributed by atoms with Gasteiger partial charge in [0, 0.05) is 31.3 Å². The van der Waals surface area contributed by atoms with Crippen LogP contribution in [0.5, 0.6) is 0 Å². The summed E-state index contributed by atoms with van der Waals surface area (Å²) in [5.74, 6) is 0. The zero-order chi connectivity index (χ0) is 15.2. The highest BCUT2D eigenvalue weighted by Gasteiger charge is 2.24. The first-order valence-corrected chi connectivity index (χ1v) is 7.56. The summed E-state index contributed by atoms with van der Waals surface area (Å²) in [5, 5.41) is 11.6. The summed E-state index contributed by atoms with van der Waals surface area (Å²) in [6, 6.07) is 0. The Hall–Kier alpha value is -0.940. The fourth-order valence-electron chi connectivity index (χ4n) is 2.09.